The number of carbonyl (C=O) groups excluding carboxylic acids is 1. The van der Waals surface area contributed by atoms with Gasteiger partial charge in [0.2, 0.25) is 11.9 Å². The number of aromatic amines is 1. The van der Waals surface area contributed by atoms with Crippen LogP contribution in [0.5, 0.6) is 0 Å². The van der Waals surface area contributed by atoms with Crippen LogP contribution in [0.15, 0.2) is 58.7 Å². The summed E-state index contributed by atoms with van der Waals surface area (Å²) in [5.41, 5.74) is 3.13. The lowest BCUT2D eigenvalue weighted by Gasteiger charge is -2.17. The summed E-state index contributed by atoms with van der Waals surface area (Å²) in [6.45, 7) is 1.99. The van der Waals surface area contributed by atoms with Crippen molar-refractivity contribution in [1.29, 1.82) is 0 Å². The number of H-pyrrole nitrogens is 1. The van der Waals surface area contributed by atoms with E-state index < -0.39 is 0 Å². The van der Waals surface area contributed by atoms with Crippen molar-refractivity contribution in [1.82, 2.24) is 19.7 Å². The van der Waals surface area contributed by atoms with Gasteiger partial charge in [0, 0.05) is 11.6 Å². The average molecular weight is 460 g/mol. The van der Waals surface area contributed by atoms with Crippen molar-refractivity contribution in [3.05, 3.63) is 81.1 Å². The predicted molar refractivity (Wildman–Crippen MR) is 130 cm³/mol. The molecular formula is C25H25N5O2S. The molecule has 7 nitrogen and oxygen atoms in total. The van der Waals surface area contributed by atoms with Crippen LogP contribution in [-0.4, -0.2) is 25.7 Å². The SMILES string of the molecule is CC[C@@H](C(=O)Nc1cc(-c2cccs2)nn1-c1nc2c(c(=O)[nH]1)CCCC2)c1ccccc1. The third-order valence-electron chi connectivity index (χ3n) is 6.04. The lowest BCUT2D eigenvalue weighted by molar-refractivity contribution is -0.117. The van der Waals surface area contributed by atoms with Gasteiger partial charge >= 0.3 is 0 Å². The second-order valence-electron chi connectivity index (χ2n) is 8.19. The average Bonchev–Trinajstić information content (AvgIpc) is 3.51. The molecule has 0 saturated carbocycles. The molecule has 3 aromatic heterocycles. The molecule has 0 radical (unpaired) electrons. The molecule has 0 aliphatic heterocycles. The van der Waals surface area contributed by atoms with Crippen LogP contribution < -0.4 is 10.9 Å². The standard InChI is InChI=1S/C25H25N5O2S/c1-2-17(16-9-4-3-5-10-16)23(31)27-22-15-20(21-13-8-14-33-21)29-30(22)25-26-19-12-7-6-11-18(19)24(32)28-25/h3-5,8-10,13-15,17H,2,6-7,11-12H2,1H3,(H,27,31)(H,26,28,32)/t17-/m1/s1. The quantitative estimate of drug-likeness (QED) is 0.437. The summed E-state index contributed by atoms with van der Waals surface area (Å²) in [5, 5.41) is 9.73. The second kappa shape index (κ2) is 9.15. The van der Waals surface area contributed by atoms with Gasteiger partial charge in [-0.25, -0.2) is 4.98 Å². The summed E-state index contributed by atoms with van der Waals surface area (Å²) in [7, 11) is 0. The van der Waals surface area contributed by atoms with E-state index in [0.29, 0.717) is 23.9 Å². The summed E-state index contributed by atoms with van der Waals surface area (Å²) in [5.74, 6) is 0.390. The zero-order chi connectivity index (χ0) is 22.8. The Morgan fingerprint density at radius 2 is 2.00 bits per heavy atom. The van der Waals surface area contributed by atoms with Crippen LogP contribution in [0.4, 0.5) is 5.82 Å². The van der Waals surface area contributed by atoms with Crippen LogP contribution in [0.2, 0.25) is 0 Å². The summed E-state index contributed by atoms with van der Waals surface area (Å²) in [6.07, 6.45) is 4.20. The van der Waals surface area contributed by atoms with Crippen molar-refractivity contribution >= 4 is 23.1 Å². The Morgan fingerprint density at radius 3 is 2.76 bits per heavy atom. The number of hydrogen-bond acceptors (Lipinski definition) is 5. The van der Waals surface area contributed by atoms with E-state index in [1.54, 1.807) is 16.0 Å². The number of nitrogens with zero attached hydrogens (tertiary/aromatic N) is 3. The highest BCUT2D eigenvalue weighted by Gasteiger charge is 2.23. The number of anilines is 1. The molecule has 0 saturated heterocycles. The molecule has 3 heterocycles. The molecule has 1 atom stereocenters. The molecule has 4 aromatic rings. The fraction of sp³-hybridized carbons (Fsp3) is 0.280. The first kappa shape index (κ1) is 21.3. The molecule has 2 N–H and O–H groups in total. The molecule has 1 aliphatic carbocycles. The molecule has 168 valence electrons. The Bertz CT molecular complexity index is 1320. The number of benzene rings is 1. The Kier molecular flexibility index (Phi) is 5.92. The summed E-state index contributed by atoms with van der Waals surface area (Å²) in [6, 6.07) is 15.5. The van der Waals surface area contributed by atoms with Crippen molar-refractivity contribution in [3.63, 3.8) is 0 Å². The summed E-state index contributed by atoms with van der Waals surface area (Å²) < 4.78 is 1.54. The van der Waals surface area contributed by atoms with Crippen molar-refractivity contribution in [2.75, 3.05) is 5.32 Å². The van der Waals surface area contributed by atoms with E-state index >= 15 is 0 Å². The van der Waals surface area contributed by atoms with Gasteiger partial charge in [0.1, 0.15) is 11.5 Å². The molecule has 1 aliphatic rings. The van der Waals surface area contributed by atoms with Crippen LogP contribution >= 0.6 is 11.3 Å². The fourth-order valence-corrected chi connectivity index (χ4v) is 5.02. The van der Waals surface area contributed by atoms with Crippen LogP contribution in [0.25, 0.3) is 16.5 Å². The highest BCUT2D eigenvalue weighted by atomic mass is 32.1. The molecule has 0 fully saturated rings. The molecule has 5 rings (SSSR count). The number of hydrogen-bond donors (Lipinski definition) is 2. The molecule has 33 heavy (non-hydrogen) atoms. The molecular weight excluding hydrogens is 434 g/mol. The van der Waals surface area contributed by atoms with Gasteiger partial charge in [-0.05, 0) is 49.1 Å². The van der Waals surface area contributed by atoms with E-state index in [9.17, 15) is 9.59 Å². The van der Waals surface area contributed by atoms with Crippen LogP contribution in [0.1, 0.15) is 48.9 Å². The summed E-state index contributed by atoms with van der Waals surface area (Å²) >= 11 is 1.56. The van der Waals surface area contributed by atoms with Crippen LogP contribution in [0, 0.1) is 0 Å². The Hall–Kier alpha value is -3.52. The van der Waals surface area contributed by atoms with Crippen molar-refractivity contribution in [3.8, 4) is 16.5 Å². The van der Waals surface area contributed by atoms with E-state index in [4.69, 9.17) is 10.1 Å². The van der Waals surface area contributed by atoms with Gasteiger partial charge in [-0.2, -0.15) is 9.78 Å². The number of carbonyl (C=O) groups is 1. The maximum atomic E-state index is 13.3. The number of rotatable bonds is 6. The molecule has 0 spiro atoms. The largest absolute Gasteiger partial charge is 0.310 e. The van der Waals surface area contributed by atoms with E-state index in [1.165, 1.54) is 0 Å². The lowest BCUT2D eigenvalue weighted by Crippen LogP contribution is -2.26. The van der Waals surface area contributed by atoms with Gasteiger partial charge in [-0.1, -0.05) is 43.3 Å². The monoisotopic (exact) mass is 459 g/mol. The first-order valence-corrected chi connectivity index (χ1v) is 12.1. The minimum atomic E-state index is -0.296. The Labute approximate surface area is 195 Å². The third kappa shape index (κ3) is 4.26. The number of thiophene rings is 1. The van der Waals surface area contributed by atoms with Crippen LogP contribution in [0.3, 0.4) is 0 Å². The smallest absolute Gasteiger partial charge is 0.255 e. The Balaban J connectivity index is 1.55. The number of aromatic nitrogens is 4. The van der Waals surface area contributed by atoms with Crippen molar-refractivity contribution < 1.29 is 4.79 Å². The topological polar surface area (TPSA) is 92.7 Å². The number of amides is 1. The van der Waals surface area contributed by atoms with E-state index in [1.807, 2.05) is 60.8 Å². The Morgan fingerprint density at radius 1 is 1.18 bits per heavy atom. The van der Waals surface area contributed by atoms with Gasteiger partial charge in [0.15, 0.2) is 0 Å². The van der Waals surface area contributed by atoms with Crippen molar-refractivity contribution in [2.24, 2.45) is 0 Å². The van der Waals surface area contributed by atoms with Gasteiger partial charge in [-0.15, -0.1) is 11.3 Å². The summed E-state index contributed by atoms with van der Waals surface area (Å²) in [4.78, 5) is 34.6. The van der Waals surface area contributed by atoms with Gasteiger partial charge in [0.25, 0.3) is 5.56 Å². The van der Waals surface area contributed by atoms with Gasteiger partial charge < -0.3 is 5.32 Å². The van der Waals surface area contributed by atoms with E-state index in [0.717, 1.165) is 47.4 Å². The predicted octanol–water partition coefficient (Wildman–Crippen LogP) is 4.70. The minimum Gasteiger partial charge on any atom is -0.310 e. The first-order chi connectivity index (χ1) is 16.1. The van der Waals surface area contributed by atoms with Crippen molar-refractivity contribution in [2.45, 2.75) is 44.9 Å². The van der Waals surface area contributed by atoms with E-state index in [-0.39, 0.29) is 17.4 Å². The number of nitrogens with one attached hydrogen (secondary N) is 2. The number of aryl methyl sites for hydroxylation is 1. The molecule has 0 bridgehead atoms. The van der Waals surface area contributed by atoms with Gasteiger partial charge in [-0.3, -0.25) is 14.6 Å². The second-order valence-corrected chi connectivity index (χ2v) is 9.13. The molecule has 0 unspecified atom stereocenters. The number of fused-ring (bicyclic) bond motifs is 1. The van der Waals surface area contributed by atoms with E-state index in [2.05, 4.69) is 10.3 Å². The first-order valence-electron chi connectivity index (χ1n) is 11.3. The lowest BCUT2D eigenvalue weighted by atomic mass is 9.96. The molecule has 8 heteroatoms. The highest BCUT2D eigenvalue weighted by Crippen LogP contribution is 2.29. The fourth-order valence-electron chi connectivity index (χ4n) is 4.34. The molecule has 1 aromatic carbocycles. The minimum absolute atomic E-state index is 0.122. The maximum absolute atomic E-state index is 13.3. The highest BCUT2D eigenvalue weighted by molar-refractivity contribution is 7.13. The zero-order valence-electron chi connectivity index (χ0n) is 18.4. The third-order valence-corrected chi connectivity index (χ3v) is 6.93. The van der Waals surface area contributed by atoms with Crippen LogP contribution in [-0.2, 0) is 17.6 Å². The maximum Gasteiger partial charge on any atom is 0.255 e. The molecule has 1 amide bonds. The van der Waals surface area contributed by atoms with Gasteiger partial charge in [0.05, 0.1) is 16.5 Å². The normalized spacial score (nSPS) is 14.0. The zero-order valence-corrected chi connectivity index (χ0v) is 19.2.